The average Bonchev–Trinajstić information content (AvgIpc) is 2.63. The summed E-state index contributed by atoms with van der Waals surface area (Å²) in [5.74, 6) is -1.50. The molecule has 0 radical (unpaired) electrons. The molecular formula is C24H29FO4. The summed E-state index contributed by atoms with van der Waals surface area (Å²) in [6.07, 6.45) is 3.94. The third kappa shape index (κ3) is 4.72. The molecule has 0 spiro atoms. The van der Waals surface area contributed by atoms with Gasteiger partial charge in [0.15, 0.2) is 11.6 Å². The zero-order chi connectivity index (χ0) is 21.9. The number of benzene rings is 1. The van der Waals surface area contributed by atoms with E-state index in [-0.39, 0.29) is 29.7 Å². The van der Waals surface area contributed by atoms with E-state index < -0.39 is 11.7 Å². The molecule has 0 bridgehead atoms. The highest BCUT2D eigenvalue weighted by molar-refractivity contribution is 6.04. The summed E-state index contributed by atoms with van der Waals surface area (Å²) >= 11 is 0. The maximum Gasteiger partial charge on any atom is 0.181 e. The molecule has 2 unspecified atom stereocenters. The van der Waals surface area contributed by atoms with E-state index in [1.165, 1.54) is 19.3 Å². The second-order valence-corrected chi connectivity index (χ2v) is 7.81. The monoisotopic (exact) mass is 400 g/mol. The van der Waals surface area contributed by atoms with Crippen LogP contribution >= 0.6 is 0 Å². The van der Waals surface area contributed by atoms with Gasteiger partial charge in [0.05, 0.1) is 13.0 Å². The van der Waals surface area contributed by atoms with Crippen molar-refractivity contribution < 1.29 is 23.5 Å². The van der Waals surface area contributed by atoms with Gasteiger partial charge in [-0.1, -0.05) is 19.4 Å². The van der Waals surface area contributed by atoms with E-state index in [1.54, 1.807) is 33.8 Å². The summed E-state index contributed by atoms with van der Waals surface area (Å²) in [7, 11) is 1.43. The fourth-order valence-electron chi connectivity index (χ4n) is 4.06. The number of rotatable bonds is 8. The number of halogens is 1. The molecule has 0 N–H and O–H groups in total. The highest BCUT2D eigenvalue weighted by Crippen LogP contribution is 2.34. The summed E-state index contributed by atoms with van der Waals surface area (Å²) in [6.45, 7) is 8.82. The molecule has 0 saturated heterocycles. The Balaban J connectivity index is 2.32. The summed E-state index contributed by atoms with van der Waals surface area (Å²) in [5.41, 5.74) is 2.50. The normalized spacial score (nSPS) is 17.5. The first kappa shape index (κ1) is 22.7. The highest BCUT2D eigenvalue weighted by Gasteiger charge is 2.31. The predicted molar refractivity (Wildman–Crippen MR) is 110 cm³/mol. The van der Waals surface area contributed by atoms with Crippen LogP contribution in [0.1, 0.15) is 73.0 Å². The van der Waals surface area contributed by atoms with Crippen molar-refractivity contribution in [3.63, 3.8) is 0 Å². The van der Waals surface area contributed by atoms with Crippen molar-refractivity contribution in [2.75, 3.05) is 7.11 Å². The lowest BCUT2D eigenvalue weighted by molar-refractivity contribution is -0.122. The summed E-state index contributed by atoms with van der Waals surface area (Å²) in [4.78, 5) is 37.0. The highest BCUT2D eigenvalue weighted by atomic mass is 19.1. The first-order chi connectivity index (χ1) is 13.6. The Morgan fingerprint density at radius 3 is 2.45 bits per heavy atom. The Hall–Kier alpha value is -2.56. The molecule has 2 atom stereocenters. The average molecular weight is 400 g/mol. The topological polar surface area (TPSA) is 60.4 Å². The van der Waals surface area contributed by atoms with Gasteiger partial charge in [0.2, 0.25) is 0 Å². The van der Waals surface area contributed by atoms with Gasteiger partial charge in [-0.15, -0.1) is 0 Å². The van der Waals surface area contributed by atoms with Crippen molar-refractivity contribution in [3.8, 4) is 0 Å². The maximum atomic E-state index is 15.2. The smallest absolute Gasteiger partial charge is 0.181 e. The number of ketones is 3. The number of allylic oxidation sites excluding steroid dienone is 3. The van der Waals surface area contributed by atoms with Crippen LogP contribution in [0.2, 0.25) is 0 Å². The fraction of sp³-hybridized carbons (Fsp3) is 0.458. The van der Waals surface area contributed by atoms with Crippen LogP contribution in [0.5, 0.6) is 0 Å². The van der Waals surface area contributed by atoms with Gasteiger partial charge in [0.1, 0.15) is 17.4 Å². The lowest BCUT2D eigenvalue weighted by Gasteiger charge is -2.24. The zero-order valence-corrected chi connectivity index (χ0v) is 18.0. The first-order valence-corrected chi connectivity index (χ1v) is 9.95. The lowest BCUT2D eigenvalue weighted by atomic mass is 9.81. The van der Waals surface area contributed by atoms with Crippen molar-refractivity contribution in [2.24, 2.45) is 5.92 Å². The van der Waals surface area contributed by atoms with Gasteiger partial charge in [-0.05, 0) is 61.9 Å². The Bertz CT molecular complexity index is 908. The van der Waals surface area contributed by atoms with Gasteiger partial charge in [-0.2, -0.15) is 0 Å². The van der Waals surface area contributed by atoms with E-state index in [9.17, 15) is 14.4 Å². The minimum Gasteiger partial charge on any atom is -0.500 e. The van der Waals surface area contributed by atoms with E-state index in [2.05, 4.69) is 0 Å². The number of hydrogen-bond donors (Lipinski definition) is 0. The Labute approximate surface area is 171 Å². The van der Waals surface area contributed by atoms with Crippen molar-refractivity contribution in [1.82, 2.24) is 0 Å². The van der Waals surface area contributed by atoms with Crippen molar-refractivity contribution >= 4 is 17.3 Å². The van der Waals surface area contributed by atoms with Crippen LogP contribution in [0, 0.1) is 25.6 Å². The van der Waals surface area contributed by atoms with Crippen LogP contribution in [-0.4, -0.2) is 24.5 Å². The molecule has 0 fully saturated rings. The number of Topliss-reactive ketones (excluding diaryl/α,β-unsaturated/α-hetero) is 2. The van der Waals surface area contributed by atoms with Crippen LogP contribution in [-0.2, 0) is 14.3 Å². The van der Waals surface area contributed by atoms with Crippen molar-refractivity contribution in [3.05, 3.63) is 57.6 Å². The minimum absolute atomic E-state index is 0.0650. The van der Waals surface area contributed by atoms with E-state index in [0.29, 0.717) is 46.4 Å². The summed E-state index contributed by atoms with van der Waals surface area (Å²) < 4.78 is 20.4. The molecule has 0 aliphatic heterocycles. The van der Waals surface area contributed by atoms with E-state index >= 15 is 4.39 Å². The van der Waals surface area contributed by atoms with Gasteiger partial charge >= 0.3 is 0 Å². The van der Waals surface area contributed by atoms with Crippen molar-refractivity contribution in [2.45, 2.75) is 59.8 Å². The van der Waals surface area contributed by atoms with Gasteiger partial charge in [0, 0.05) is 24.5 Å². The quantitative estimate of drug-likeness (QED) is 0.565. The number of carbonyl (C=O) groups excluding carboxylic acids is 3. The van der Waals surface area contributed by atoms with Crippen LogP contribution < -0.4 is 0 Å². The Morgan fingerprint density at radius 2 is 1.86 bits per heavy atom. The molecule has 5 heteroatoms. The number of carbonyl (C=O) groups is 3. The third-order valence-electron chi connectivity index (χ3n) is 5.49. The SMILES string of the molecule is CCCC(=O)c1cc(C)c(C(C)CC(=O)C2C(C)=CC(=O)C=C2OC)c(F)c1C. The molecule has 29 heavy (non-hydrogen) atoms. The van der Waals surface area contributed by atoms with Crippen LogP contribution in [0.4, 0.5) is 4.39 Å². The van der Waals surface area contributed by atoms with E-state index in [1.807, 2.05) is 6.92 Å². The maximum absolute atomic E-state index is 15.2. The minimum atomic E-state index is -0.630. The molecule has 0 heterocycles. The molecule has 0 amide bonds. The summed E-state index contributed by atoms with van der Waals surface area (Å²) in [6, 6.07) is 1.73. The van der Waals surface area contributed by atoms with Crippen LogP contribution in [0.3, 0.4) is 0 Å². The molecule has 2 rings (SSSR count). The van der Waals surface area contributed by atoms with Crippen LogP contribution in [0.25, 0.3) is 0 Å². The molecule has 1 aliphatic rings. The Morgan fingerprint density at radius 1 is 1.21 bits per heavy atom. The third-order valence-corrected chi connectivity index (χ3v) is 5.49. The molecule has 156 valence electrons. The fourth-order valence-corrected chi connectivity index (χ4v) is 4.06. The Kier molecular flexibility index (Phi) is 7.28. The predicted octanol–water partition coefficient (Wildman–Crippen LogP) is 5.16. The molecular weight excluding hydrogens is 371 g/mol. The summed E-state index contributed by atoms with van der Waals surface area (Å²) in [5, 5.41) is 0. The molecule has 1 aromatic carbocycles. The molecule has 1 aliphatic carbocycles. The van der Waals surface area contributed by atoms with E-state index in [0.717, 1.165) is 0 Å². The second kappa shape index (κ2) is 9.29. The van der Waals surface area contributed by atoms with Crippen LogP contribution in [0.15, 0.2) is 29.6 Å². The van der Waals surface area contributed by atoms with Gasteiger partial charge in [-0.25, -0.2) is 4.39 Å². The molecule has 0 aromatic heterocycles. The largest absolute Gasteiger partial charge is 0.500 e. The molecule has 4 nitrogen and oxygen atoms in total. The standard InChI is InChI=1S/C24H29FO4/c1-7-8-19(27)18-10-14(3)22(24(25)16(18)5)15(4)11-20(28)23-13(2)9-17(26)12-21(23)29-6/h9-10,12,15,23H,7-8,11H2,1-6H3. The van der Waals surface area contributed by atoms with Gasteiger partial charge in [0.25, 0.3) is 0 Å². The van der Waals surface area contributed by atoms with Gasteiger partial charge in [-0.3, -0.25) is 14.4 Å². The second-order valence-electron chi connectivity index (χ2n) is 7.81. The molecule has 1 aromatic rings. The lowest BCUT2D eigenvalue weighted by Crippen LogP contribution is -2.25. The van der Waals surface area contributed by atoms with Gasteiger partial charge < -0.3 is 4.74 Å². The number of methoxy groups -OCH3 is 1. The first-order valence-electron chi connectivity index (χ1n) is 9.95. The molecule has 0 saturated carbocycles. The number of ether oxygens (including phenoxy) is 1. The zero-order valence-electron chi connectivity index (χ0n) is 18.0. The number of hydrogen-bond acceptors (Lipinski definition) is 4. The number of aryl methyl sites for hydroxylation is 1. The van der Waals surface area contributed by atoms with Crippen molar-refractivity contribution in [1.29, 1.82) is 0 Å². The van der Waals surface area contributed by atoms with E-state index in [4.69, 9.17) is 4.74 Å².